The minimum Gasteiger partial charge on any atom is -0.451 e. The zero-order valence-corrected chi connectivity index (χ0v) is 16.3. The lowest BCUT2D eigenvalue weighted by atomic mass is 9.89. The third kappa shape index (κ3) is 3.51. The van der Waals surface area contributed by atoms with Crippen LogP contribution >= 0.6 is 22.9 Å². The van der Waals surface area contributed by atoms with Gasteiger partial charge < -0.3 is 9.73 Å². The molecule has 1 atom stereocenters. The minimum atomic E-state index is -0.349. The predicted octanol–water partition coefficient (Wildman–Crippen LogP) is 5.91. The SMILES string of the molecule is C[C@@H]1CCc2c(sc(NC(=O)c3ccc(-c4ccc(Cl)cc4)o3)c2C#N)C1. The van der Waals surface area contributed by atoms with E-state index < -0.39 is 0 Å². The lowest BCUT2D eigenvalue weighted by molar-refractivity contribution is 0.0998. The van der Waals surface area contributed by atoms with Crippen LogP contribution in [0.2, 0.25) is 5.02 Å². The van der Waals surface area contributed by atoms with E-state index in [-0.39, 0.29) is 11.7 Å². The summed E-state index contributed by atoms with van der Waals surface area (Å²) in [6.07, 6.45) is 2.94. The van der Waals surface area contributed by atoms with E-state index in [1.807, 2.05) is 12.1 Å². The van der Waals surface area contributed by atoms with Gasteiger partial charge >= 0.3 is 0 Å². The maximum absolute atomic E-state index is 12.6. The molecule has 0 unspecified atom stereocenters. The van der Waals surface area contributed by atoms with Gasteiger partial charge in [-0.05, 0) is 67.1 Å². The van der Waals surface area contributed by atoms with Crippen LogP contribution < -0.4 is 5.32 Å². The molecule has 1 N–H and O–H groups in total. The van der Waals surface area contributed by atoms with E-state index in [2.05, 4.69) is 18.3 Å². The van der Waals surface area contributed by atoms with Gasteiger partial charge in [-0.2, -0.15) is 5.26 Å². The Morgan fingerprint density at radius 2 is 2.07 bits per heavy atom. The summed E-state index contributed by atoms with van der Waals surface area (Å²) in [7, 11) is 0. The number of carbonyl (C=O) groups is 1. The smallest absolute Gasteiger partial charge is 0.292 e. The molecule has 3 aromatic rings. The third-order valence-electron chi connectivity index (χ3n) is 4.81. The van der Waals surface area contributed by atoms with Gasteiger partial charge in [-0.1, -0.05) is 18.5 Å². The fourth-order valence-electron chi connectivity index (χ4n) is 3.35. The molecular formula is C21H17ClN2O2S. The fourth-order valence-corrected chi connectivity index (χ4v) is 4.83. The molecule has 0 saturated heterocycles. The number of nitrogens with zero attached hydrogens (tertiary/aromatic N) is 1. The highest BCUT2D eigenvalue weighted by Gasteiger charge is 2.25. The number of nitrogens with one attached hydrogen (secondary N) is 1. The number of fused-ring (bicyclic) bond motifs is 1. The Labute approximate surface area is 166 Å². The zero-order chi connectivity index (χ0) is 19.0. The van der Waals surface area contributed by atoms with Crippen LogP contribution in [-0.4, -0.2) is 5.91 Å². The van der Waals surface area contributed by atoms with Crippen molar-refractivity contribution in [1.29, 1.82) is 5.26 Å². The van der Waals surface area contributed by atoms with E-state index in [9.17, 15) is 10.1 Å². The largest absolute Gasteiger partial charge is 0.451 e. The van der Waals surface area contributed by atoms with Crippen LogP contribution in [0.3, 0.4) is 0 Å². The number of hydrogen-bond acceptors (Lipinski definition) is 4. The Hall–Kier alpha value is -2.55. The number of halogens is 1. The van der Waals surface area contributed by atoms with Gasteiger partial charge in [0.1, 0.15) is 16.8 Å². The zero-order valence-electron chi connectivity index (χ0n) is 14.7. The van der Waals surface area contributed by atoms with E-state index in [1.54, 1.807) is 24.3 Å². The summed E-state index contributed by atoms with van der Waals surface area (Å²) in [5.74, 6) is 1.07. The van der Waals surface area contributed by atoms with Crippen LogP contribution in [0, 0.1) is 17.2 Å². The summed E-state index contributed by atoms with van der Waals surface area (Å²) in [5, 5.41) is 13.7. The molecule has 0 saturated carbocycles. The highest BCUT2D eigenvalue weighted by atomic mass is 35.5. The molecule has 136 valence electrons. The normalized spacial score (nSPS) is 15.8. The van der Waals surface area contributed by atoms with Crippen LogP contribution in [0.5, 0.6) is 0 Å². The summed E-state index contributed by atoms with van der Waals surface area (Å²) < 4.78 is 5.70. The number of furan rings is 1. The number of carbonyl (C=O) groups excluding carboxylic acids is 1. The summed E-state index contributed by atoms with van der Waals surface area (Å²) in [6.45, 7) is 2.22. The molecule has 1 aromatic carbocycles. The predicted molar refractivity (Wildman–Crippen MR) is 107 cm³/mol. The molecule has 27 heavy (non-hydrogen) atoms. The van der Waals surface area contributed by atoms with Crippen molar-refractivity contribution in [3.8, 4) is 17.4 Å². The van der Waals surface area contributed by atoms with Crippen molar-refractivity contribution in [2.75, 3.05) is 5.32 Å². The molecule has 2 heterocycles. The number of amides is 1. The Balaban J connectivity index is 1.57. The maximum Gasteiger partial charge on any atom is 0.292 e. The topological polar surface area (TPSA) is 66.0 Å². The second-order valence-electron chi connectivity index (χ2n) is 6.79. The fraction of sp³-hybridized carbons (Fsp3) is 0.238. The monoisotopic (exact) mass is 396 g/mol. The maximum atomic E-state index is 12.6. The van der Waals surface area contributed by atoms with E-state index in [0.29, 0.717) is 27.3 Å². The lowest BCUT2D eigenvalue weighted by Crippen LogP contribution is -2.11. The molecule has 1 aliphatic rings. The van der Waals surface area contributed by atoms with Crippen molar-refractivity contribution in [3.63, 3.8) is 0 Å². The van der Waals surface area contributed by atoms with Crippen LogP contribution in [0.15, 0.2) is 40.8 Å². The molecule has 4 nitrogen and oxygen atoms in total. The van der Waals surface area contributed by atoms with Crippen molar-refractivity contribution >= 4 is 33.8 Å². The average molecular weight is 397 g/mol. The van der Waals surface area contributed by atoms with Crippen molar-refractivity contribution < 1.29 is 9.21 Å². The van der Waals surface area contributed by atoms with Gasteiger partial charge in [0.15, 0.2) is 5.76 Å². The minimum absolute atomic E-state index is 0.212. The summed E-state index contributed by atoms with van der Waals surface area (Å²) in [5.41, 5.74) is 2.54. The van der Waals surface area contributed by atoms with Crippen molar-refractivity contribution in [3.05, 3.63) is 63.2 Å². The first-order valence-corrected chi connectivity index (χ1v) is 9.96. The highest BCUT2D eigenvalue weighted by molar-refractivity contribution is 7.16. The molecule has 1 aliphatic carbocycles. The van der Waals surface area contributed by atoms with E-state index in [4.69, 9.17) is 16.0 Å². The Morgan fingerprint density at radius 1 is 1.30 bits per heavy atom. The Morgan fingerprint density at radius 3 is 2.81 bits per heavy atom. The lowest BCUT2D eigenvalue weighted by Gasteiger charge is -2.17. The Kier molecular flexibility index (Phi) is 4.77. The summed E-state index contributed by atoms with van der Waals surface area (Å²) >= 11 is 7.41. The van der Waals surface area contributed by atoms with Crippen molar-refractivity contribution in [2.45, 2.75) is 26.2 Å². The number of nitriles is 1. The molecule has 2 aromatic heterocycles. The van der Waals surface area contributed by atoms with Gasteiger partial charge in [-0.3, -0.25) is 4.79 Å². The van der Waals surface area contributed by atoms with E-state index in [1.165, 1.54) is 16.2 Å². The first-order valence-electron chi connectivity index (χ1n) is 8.77. The molecule has 0 fully saturated rings. The number of rotatable bonds is 3. The number of benzene rings is 1. The van der Waals surface area contributed by atoms with E-state index >= 15 is 0 Å². The second-order valence-corrected chi connectivity index (χ2v) is 8.33. The molecule has 1 amide bonds. The quantitative estimate of drug-likeness (QED) is 0.598. The molecule has 4 rings (SSSR count). The van der Waals surface area contributed by atoms with Crippen molar-refractivity contribution in [2.24, 2.45) is 5.92 Å². The summed E-state index contributed by atoms with van der Waals surface area (Å²) in [4.78, 5) is 13.8. The number of thiophene rings is 1. The Bertz CT molecular complexity index is 1040. The van der Waals surface area contributed by atoms with Gasteiger partial charge in [0.25, 0.3) is 5.91 Å². The number of hydrogen-bond donors (Lipinski definition) is 1. The first-order chi connectivity index (χ1) is 13.0. The van der Waals surface area contributed by atoms with Gasteiger partial charge in [0, 0.05) is 15.5 Å². The highest BCUT2D eigenvalue weighted by Crippen LogP contribution is 2.39. The first kappa shape index (κ1) is 17.8. The van der Waals surface area contributed by atoms with Gasteiger partial charge in [-0.25, -0.2) is 0 Å². The van der Waals surface area contributed by atoms with Crippen LogP contribution in [0.25, 0.3) is 11.3 Å². The van der Waals surface area contributed by atoms with Gasteiger partial charge in [0.2, 0.25) is 0 Å². The molecule has 6 heteroatoms. The summed E-state index contributed by atoms with van der Waals surface area (Å²) in [6, 6.07) is 12.9. The van der Waals surface area contributed by atoms with Crippen LogP contribution in [-0.2, 0) is 12.8 Å². The van der Waals surface area contributed by atoms with E-state index in [0.717, 1.165) is 30.4 Å². The molecular weight excluding hydrogens is 380 g/mol. The molecule has 0 radical (unpaired) electrons. The van der Waals surface area contributed by atoms with Crippen molar-refractivity contribution in [1.82, 2.24) is 0 Å². The number of anilines is 1. The standard InChI is InChI=1S/C21H17ClN2O2S/c1-12-2-7-15-16(11-23)21(27-19(15)10-12)24-20(25)18-9-8-17(26-18)13-3-5-14(22)6-4-13/h3-6,8-9,12H,2,7,10H2,1H3,(H,24,25)/t12-/m1/s1. The van der Waals surface area contributed by atoms with Gasteiger partial charge in [0.05, 0.1) is 5.56 Å². The second kappa shape index (κ2) is 7.22. The molecule has 0 bridgehead atoms. The molecule has 0 aliphatic heterocycles. The van der Waals surface area contributed by atoms with Crippen LogP contribution in [0.1, 0.15) is 39.9 Å². The average Bonchev–Trinajstić information content (AvgIpc) is 3.26. The van der Waals surface area contributed by atoms with Crippen LogP contribution in [0.4, 0.5) is 5.00 Å². The third-order valence-corrected chi connectivity index (χ3v) is 6.23. The van der Waals surface area contributed by atoms with Gasteiger partial charge in [-0.15, -0.1) is 11.3 Å². The molecule has 0 spiro atoms.